The van der Waals surface area contributed by atoms with Gasteiger partial charge in [-0.3, -0.25) is 9.59 Å². The van der Waals surface area contributed by atoms with E-state index in [-0.39, 0.29) is 11.1 Å². The summed E-state index contributed by atoms with van der Waals surface area (Å²) in [6.45, 7) is 0. The minimum atomic E-state index is -0.646. The Bertz CT molecular complexity index is 977. The van der Waals surface area contributed by atoms with Crippen LogP contribution in [0.3, 0.4) is 0 Å². The number of rotatable bonds is 4. The number of carbonyl (C=O) groups excluding carboxylic acids is 1. The summed E-state index contributed by atoms with van der Waals surface area (Å²) in [5.41, 5.74) is 0.511. The fourth-order valence-electron chi connectivity index (χ4n) is 2.54. The standard InChI is InChI=1S/C18H17FN4O2/c1-22-8-6-13(11-15(22)24)18(25)21-16(17-20-7-9-23(17)2)12-4-3-5-14(19)10-12/h3-11,16H,1-2H3,(H,21,25)/t16-/m1/s1. The van der Waals surface area contributed by atoms with E-state index >= 15 is 0 Å². The van der Waals surface area contributed by atoms with Gasteiger partial charge in [0.25, 0.3) is 11.5 Å². The average Bonchev–Trinajstić information content (AvgIpc) is 3.00. The van der Waals surface area contributed by atoms with Crippen LogP contribution in [0.4, 0.5) is 4.39 Å². The topological polar surface area (TPSA) is 68.9 Å². The molecule has 128 valence electrons. The normalized spacial score (nSPS) is 12.0. The van der Waals surface area contributed by atoms with Crippen molar-refractivity contribution in [2.24, 2.45) is 14.1 Å². The predicted molar refractivity (Wildman–Crippen MR) is 90.6 cm³/mol. The Morgan fingerprint density at radius 1 is 1.16 bits per heavy atom. The molecule has 0 aliphatic heterocycles. The van der Waals surface area contributed by atoms with Gasteiger partial charge in [-0.1, -0.05) is 12.1 Å². The summed E-state index contributed by atoms with van der Waals surface area (Å²) in [6, 6.07) is 8.14. The molecule has 1 atom stereocenters. The van der Waals surface area contributed by atoms with Crippen LogP contribution in [0.25, 0.3) is 0 Å². The molecular formula is C18H17FN4O2. The van der Waals surface area contributed by atoms with Gasteiger partial charge in [-0.2, -0.15) is 0 Å². The maximum Gasteiger partial charge on any atom is 0.252 e. The monoisotopic (exact) mass is 340 g/mol. The van der Waals surface area contributed by atoms with Crippen molar-refractivity contribution in [2.45, 2.75) is 6.04 Å². The van der Waals surface area contributed by atoms with Gasteiger partial charge in [0.2, 0.25) is 0 Å². The van der Waals surface area contributed by atoms with Crippen molar-refractivity contribution in [1.29, 1.82) is 0 Å². The molecule has 2 aromatic heterocycles. The van der Waals surface area contributed by atoms with Crippen LogP contribution in [0, 0.1) is 5.82 Å². The van der Waals surface area contributed by atoms with Crippen molar-refractivity contribution >= 4 is 5.91 Å². The Hall–Kier alpha value is -3.22. The Morgan fingerprint density at radius 3 is 2.60 bits per heavy atom. The summed E-state index contributed by atoms with van der Waals surface area (Å²) < 4.78 is 16.8. The maximum atomic E-state index is 13.6. The van der Waals surface area contributed by atoms with E-state index in [2.05, 4.69) is 10.3 Å². The molecule has 0 saturated carbocycles. The van der Waals surface area contributed by atoms with Gasteiger partial charge in [0, 0.05) is 44.3 Å². The average molecular weight is 340 g/mol. The van der Waals surface area contributed by atoms with E-state index in [1.807, 2.05) is 0 Å². The predicted octanol–water partition coefficient (Wildman–Crippen LogP) is 1.78. The number of pyridine rings is 1. The van der Waals surface area contributed by atoms with E-state index in [1.165, 1.54) is 29.0 Å². The molecule has 0 bridgehead atoms. The Kier molecular flexibility index (Phi) is 4.47. The molecule has 2 heterocycles. The minimum absolute atomic E-state index is 0.235. The number of amides is 1. The fourth-order valence-corrected chi connectivity index (χ4v) is 2.54. The highest BCUT2D eigenvalue weighted by atomic mass is 19.1. The highest BCUT2D eigenvalue weighted by Crippen LogP contribution is 2.21. The Balaban J connectivity index is 1.98. The van der Waals surface area contributed by atoms with Gasteiger partial charge in [0.05, 0.1) is 0 Å². The molecule has 6 nitrogen and oxygen atoms in total. The van der Waals surface area contributed by atoms with Crippen molar-refractivity contribution in [3.05, 3.63) is 88.1 Å². The number of carbonyl (C=O) groups is 1. The van der Waals surface area contributed by atoms with Crippen LogP contribution in [0.2, 0.25) is 0 Å². The summed E-state index contributed by atoms with van der Waals surface area (Å²) in [4.78, 5) is 28.6. The lowest BCUT2D eigenvalue weighted by Gasteiger charge is -2.19. The lowest BCUT2D eigenvalue weighted by Crippen LogP contribution is -2.32. The molecule has 0 saturated heterocycles. The molecule has 25 heavy (non-hydrogen) atoms. The largest absolute Gasteiger partial charge is 0.338 e. The van der Waals surface area contributed by atoms with Crippen LogP contribution in [-0.2, 0) is 14.1 Å². The van der Waals surface area contributed by atoms with Crippen molar-refractivity contribution in [3.63, 3.8) is 0 Å². The van der Waals surface area contributed by atoms with Gasteiger partial charge in [0.1, 0.15) is 17.7 Å². The first-order chi connectivity index (χ1) is 12.0. The van der Waals surface area contributed by atoms with Crippen LogP contribution in [0.1, 0.15) is 27.8 Å². The third-order valence-electron chi connectivity index (χ3n) is 3.94. The molecule has 0 aliphatic rings. The van der Waals surface area contributed by atoms with Gasteiger partial charge < -0.3 is 14.5 Å². The fraction of sp³-hybridized carbons (Fsp3) is 0.167. The highest BCUT2D eigenvalue weighted by molar-refractivity contribution is 5.94. The molecule has 0 aliphatic carbocycles. The van der Waals surface area contributed by atoms with Crippen LogP contribution in [0.5, 0.6) is 0 Å². The van der Waals surface area contributed by atoms with Crippen LogP contribution < -0.4 is 10.9 Å². The van der Waals surface area contributed by atoms with Gasteiger partial charge >= 0.3 is 0 Å². The van der Waals surface area contributed by atoms with Crippen molar-refractivity contribution in [3.8, 4) is 0 Å². The molecule has 1 aromatic carbocycles. The molecule has 3 aromatic rings. The second-order valence-electron chi connectivity index (χ2n) is 5.72. The zero-order valence-electron chi connectivity index (χ0n) is 13.8. The van der Waals surface area contributed by atoms with Crippen LogP contribution in [-0.4, -0.2) is 20.0 Å². The number of aromatic nitrogens is 3. The third kappa shape index (κ3) is 3.50. The van der Waals surface area contributed by atoms with Crippen molar-refractivity contribution < 1.29 is 9.18 Å². The first kappa shape index (κ1) is 16.6. The molecule has 0 radical (unpaired) electrons. The van der Waals surface area contributed by atoms with Gasteiger partial charge in [0.15, 0.2) is 0 Å². The summed E-state index contributed by atoms with van der Waals surface area (Å²) in [5, 5.41) is 2.83. The van der Waals surface area contributed by atoms with E-state index in [0.717, 1.165) is 0 Å². The molecule has 7 heteroatoms. The van der Waals surface area contributed by atoms with Gasteiger partial charge in [-0.05, 0) is 23.8 Å². The highest BCUT2D eigenvalue weighted by Gasteiger charge is 2.22. The van der Waals surface area contributed by atoms with E-state index in [0.29, 0.717) is 11.4 Å². The number of benzene rings is 1. The number of hydrogen-bond donors (Lipinski definition) is 1. The van der Waals surface area contributed by atoms with Gasteiger partial charge in [-0.25, -0.2) is 9.37 Å². The lowest BCUT2D eigenvalue weighted by molar-refractivity contribution is 0.0940. The van der Waals surface area contributed by atoms with E-state index in [4.69, 9.17) is 0 Å². The van der Waals surface area contributed by atoms with E-state index in [1.54, 1.807) is 49.3 Å². The summed E-state index contributed by atoms with van der Waals surface area (Å²) in [7, 11) is 3.40. The number of halogens is 1. The third-order valence-corrected chi connectivity index (χ3v) is 3.94. The number of hydrogen-bond acceptors (Lipinski definition) is 3. The molecule has 0 fully saturated rings. The van der Waals surface area contributed by atoms with Gasteiger partial charge in [-0.15, -0.1) is 0 Å². The SMILES string of the molecule is Cn1ccnc1[C@H](NC(=O)c1ccn(C)c(=O)c1)c1cccc(F)c1. The lowest BCUT2D eigenvalue weighted by atomic mass is 10.1. The first-order valence-corrected chi connectivity index (χ1v) is 7.66. The summed E-state index contributed by atoms with van der Waals surface area (Å²) >= 11 is 0. The Labute approximate surface area is 143 Å². The van der Waals surface area contributed by atoms with Crippen molar-refractivity contribution in [1.82, 2.24) is 19.4 Å². The van der Waals surface area contributed by atoms with Crippen molar-refractivity contribution in [2.75, 3.05) is 0 Å². The zero-order valence-corrected chi connectivity index (χ0v) is 13.8. The number of nitrogens with one attached hydrogen (secondary N) is 1. The molecule has 3 rings (SSSR count). The first-order valence-electron chi connectivity index (χ1n) is 7.66. The minimum Gasteiger partial charge on any atom is -0.338 e. The molecule has 0 unspecified atom stereocenters. The maximum absolute atomic E-state index is 13.6. The summed E-state index contributed by atoms with van der Waals surface area (Å²) in [6.07, 6.45) is 4.87. The smallest absolute Gasteiger partial charge is 0.252 e. The second-order valence-corrected chi connectivity index (χ2v) is 5.72. The number of aryl methyl sites for hydroxylation is 2. The quantitative estimate of drug-likeness (QED) is 0.787. The summed E-state index contributed by atoms with van der Waals surface area (Å²) in [5.74, 6) is -0.280. The van der Waals surface area contributed by atoms with E-state index < -0.39 is 17.8 Å². The number of imidazole rings is 1. The molecule has 1 amide bonds. The molecule has 0 spiro atoms. The second kappa shape index (κ2) is 6.72. The Morgan fingerprint density at radius 2 is 1.96 bits per heavy atom. The molecule has 1 N–H and O–H groups in total. The van der Waals surface area contributed by atoms with Crippen LogP contribution in [0.15, 0.2) is 59.8 Å². The van der Waals surface area contributed by atoms with Crippen LogP contribution >= 0.6 is 0 Å². The van der Waals surface area contributed by atoms with E-state index in [9.17, 15) is 14.0 Å². The molecular weight excluding hydrogens is 323 g/mol. The zero-order chi connectivity index (χ0) is 18.0. The number of nitrogens with zero attached hydrogens (tertiary/aromatic N) is 3.